The molecule has 0 radical (unpaired) electrons. The van der Waals surface area contributed by atoms with Crippen molar-refractivity contribution in [3.8, 4) is 11.8 Å². The highest BCUT2D eigenvalue weighted by Gasteiger charge is 2.11. The minimum absolute atomic E-state index is 0.0715. The third kappa shape index (κ3) is 5.33. The minimum Gasteiger partial charge on any atom is -0.496 e. The molecule has 0 saturated heterocycles. The summed E-state index contributed by atoms with van der Waals surface area (Å²) in [5.41, 5.74) is 1.60. The largest absolute Gasteiger partial charge is 0.496 e. The molecule has 1 amide bonds. The first-order valence-corrected chi connectivity index (χ1v) is 8.09. The fourth-order valence-electron chi connectivity index (χ4n) is 2.05. The van der Waals surface area contributed by atoms with Gasteiger partial charge in [0.25, 0.3) is 0 Å². The Hall–Kier alpha value is -2.85. The van der Waals surface area contributed by atoms with Gasteiger partial charge in [0.2, 0.25) is 5.91 Å². The molecule has 25 heavy (non-hydrogen) atoms. The van der Waals surface area contributed by atoms with Gasteiger partial charge in [-0.3, -0.25) is 4.79 Å². The summed E-state index contributed by atoms with van der Waals surface area (Å²) in [6.45, 7) is 0.0715. The maximum absolute atomic E-state index is 12.1. The summed E-state index contributed by atoms with van der Waals surface area (Å²) in [7, 11) is 1.55. The smallest absolute Gasteiger partial charge is 0.338 e. The van der Waals surface area contributed by atoms with Gasteiger partial charge in [-0.1, -0.05) is 15.9 Å². The number of nitriles is 1. The highest BCUT2D eigenvalue weighted by Crippen LogP contribution is 2.24. The normalized spacial score (nSPS) is 9.80. The second kappa shape index (κ2) is 8.85. The molecule has 0 atom stereocenters. The molecule has 0 bridgehead atoms. The van der Waals surface area contributed by atoms with Gasteiger partial charge in [0.15, 0.2) is 0 Å². The Kier molecular flexibility index (Phi) is 6.54. The van der Waals surface area contributed by atoms with Crippen LogP contribution in [0, 0.1) is 11.3 Å². The Balaban J connectivity index is 1.98. The number of esters is 1. The maximum atomic E-state index is 12.1. The van der Waals surface area contributed by atoms with Crippen LogP contribution in [0.3, 0.4) is 0 Å². The molecule has 0 aliphatic carbocycles. The van der Waals surface area contributed by atoms with Crippen molar-refractivity contribution in [2.75, 3.05) is 12.4 Å². The summed E-state index contributed by atoms with van der Waals surface area (Å²) < 4.78 is 11.4. The molecule has 0 spiro atoms. The number of carbonyl (C=O) groups is 2. The van der Waals surface area contributed by atoms with Crippen LogP contribution in [-0.2, 0) is 16.1 Å². The SMILES string of the molecule is COc1ccc(Br)cc1COC(=O)c1ccc(NC(=O)CC#N)cc1. The number of ether oxygens (including phenoxy) is 2. The van der Waals surface area contributed by atoms with E-state index in [1.807, 2.05) is 12.1 Å². The average molecular weight is 403 g/mol. The molecule has 2 aromatic rings. The van der Waals surface area contributed by atoms with Crippen LogP contribution in [-0.4, -0.2) is 19.0 Å². The van der Waals surface area contributed by atoms with E-state index in [0.29, 0.717) is 17.0 Å². The van der Waals surface area contributed by atoms with Gasteiger partial charge in [-0.2, -0.15) is 5.26 Å². The van der Waals surface area contributed by atoms with E-state index >= 15 is 0 Å². The number of halogens is 1. The zero-order valence-electron chi connectivity index (χ0n) is 13.4. The molecule has 7 heteroatoms. The van der Waals surface area contributed by atoms with E-state index in [0.717, 1.165) is 10.0 Å². The minimum atomic E-state index is -0.489. The zero-order valence-corrected chi connectivity index (χ0v) is 15.0. The zero-order chi connectivity index (χ0) is 18.2. The standard InChI is InChI=1S/C18H15BrN2O4/c1-24-16-7-4-14(19)10-13(16)11-25-18(23)12-2-5-15(6-3-12)21-17(22)8-9-20/h2-7,10H,8,11H2,1H3,(H,21,22). The Bertz CT molecular complexity index is 813. The molecule has 0 fully saturated rings. The van der Waals surface area contributed by atoms with Gasteiger partial charge in [0.1, 0.15) is 18.8 Å². The van der Waals surface area contributed by atoms with Gasteiger partial charge >= 0.3 is 5.97 Å². The van der Waals surface area contributed by atoms with Gasteiger partial charge < -0.3 is 14.8 Å². The number of benzene rings is 2. The second-order valence-electron chi connectivity index (χ2n) is 4.99. The first kappa shape index (κ1) is 18.5. The number of hydrogen-bond acceptors (Lipinski definition) is 5. The van der Waals surface area contributed by atoms with Gasteiger partial charge in [0.05, 0.1) is 18.7 Å². The van der Waals surface area contributed by atoms with Gasteiger partial charge in [-0.15, -0.1) is 0 Å². The fraction of sp³-hybridized carbons (Fsp3) is 0.167. The number of nitrogens with one attached hydrogen (secondary N) is 1. The van der Waals surface area contributed by atoms with Crippen molar-refractivity contribution in [1.29, 1.82) is 5.26 Å². The predicted octanol–water partition coefficient (Wildman–Crippen LogP) is 3.67. The Morgan fingerprint density at radius 3 is 2.56 bits per heavy atom. The summed E-state index contributed by atoms with van der Waals surface area (Å²) in [6, 6.07) is 13.4. The van der Waals surface area contributed by atoms with Crippen LogP contribution in [0.2, 0.25) is 0 Å². The summed E-state index contributed by atoms with van der Waals surface area (Å²) in [6.07, 6.45) is -0.224. The van der Waals surface area contributed by atoms with Crippen molar-refractivity contribution in [1.82, 2.24) is 0 Å². The van der Waals surface area contributed by atoms with Crippen LogP contribution >= 0.6 is 15.9 Å². The molecule has 2 aromatic carbocycles. The Morgan fingerprint density at radius 1 is 1.20 bits per heavy atom. The van der Waals surface area contributed by atoms with E-state index in [9.17, 15) is 9.59 Å². The first-order chi connectivity index (χ1) is 12.0. The summed E-state index contributed by atoms with van der Waals surface area (Å²) in [4.78, 5) is 23.5. The van der Waals surface area contributed by atoms with E-state index in [4.69, 9.17) is 14.7 Å². The first-order valence-electron chi connectivity index (χ1n) is 7.30. The van der Waals surface area contributed by atoms with Crippen molar-refractivity contribution in [2.24, 2.45) is 0 Å². The quantitative estimate of drug-likeness (QED) is 0.744. The van der Waals surface area contributed by atoms with Crippen molar-refractivity contribution >= 4 is 33.5 Å². The molecule has 0 aliphatic heterocycles. The number of rotatable bonds is 6. The van der Waals surface area contributed by atoms with E-state index in [1.54, 1.807) is 43.5 Å². The number of hydrogen-bond donors (Lipinski definition) is 1. The van der Waals surface area contributed by atoms with E-state index < -0.39 is 11.9 Å². The molecule has 0 heterocycles. The summed E-state index contributed by atoms with van der Waals surface area (Å²) >= 11 is 3.37. The van der Waals surface area contributed by atoms with Gasteiger partial charge in [0, 0.05) is 15.7 Å². The molecular formula is C18H15BrN2O4. The lowest BCUT2D eigenvalue weighted by atomic mass is 10.2. The summed E-state index contributed by atoms with van der Waals surface area (Å²) in [5.74, 6) is -0.261. The lowest BCUT2D eigenvalue weighted by Gasteiger charge is -2.10. The molecule has 1 N–H and O–H groups in total. The van der Waals surface area contributed by atoms with Crippen LogP contribution in [0.5, 0.6) is 5.75 Å². The van der Waals surface area contributed by atoms with Crippen molar-refractivity contribution < 1.29 is 19.1 Å². The van der Waals surface area contributed by atoms with Crippen molar-refractivity contribution in [3.63, 3.8) is 0 Å². The Morgan fingerprint density at radius 2 is 1.92 bits per heavy atom. The lowest BCUT2D eigenvalue weighted by Crippen LogP contribution is -2.10. The number of methoxy groups -OCH3 is 1. The van der Waals surface area contributed by atoms with Gasteiger partial charge in [-0.25, -0.2) is 4.79 Å². The van der Waals surface area contributed by atoms with E-state index in [1.165, 1.54) is 0 Å². The lowest BCUT2D eigenvalue weighted by molar-refractivity contribution is -0.115. The number of carbonyl (C=O) groups excluding carboxylic acids is 2. The molecule has 0 unspecified atom stereocenters. The van der Waals surface area contributed by atoms with Crippen molar-refractivity contribution in [2.45, 2.75) is 13.0 Å². The highest BCUT2D eigenvalue weighted by molar-refractivity contribution is 9.10. The molecule has 128 valence electrons. The highest BCUT2D eigenvalue weighted by atomic mass is 79.9. The van der Waals surface area contributed by atoms with Crippen LogP contribution < -0.4 is 10.1 Å². The molecule has 0 saturated carbocycles. The second-order valence-corrected chi connectivity index (χ2v) is 5.91. The fourth-order valence-corrected chi connectivity index (χ4v) is 2.46. The Labute approximate surface area is 153 Å². The maximum Gasteiger partial charge on any atom is 0.338 e. The van der Waals surface area contributed by atoms with Crippen LogP contribution in [0.25, 0.3) is 0 Å². The number of anilines is 1. The summed E-state index contributed by atoms with van der Waals surface area (Å²) in [5, 5.41) is 11.0. The monoisotopic (exact) mass is 402 g/mol. The third-order valence-electron chi connectivity index (χ3n) is 3.25. The third-order valence-corrected chi connectivity index (χ3v) is 3.74. The van der Waals surface area contributed by atoms with Crippen molar-refractivity contribution in [3.05, 3.63) is 58.1 Å². The molecule has 6 nitrogen and oxygen atoms in total. The van der Waals surface area contributed by atoms with Crippen LogP contribution in [0.4, 0.5) is 5.69 Å². The van der Waals surface area contributed by atoms with E-state index in [2.05, 4.69) is 21.2 Å². The topological polar surface area (TPSA) is 88.4 Å². The van der Waals surface area contributed by atoms with E-state index in [-0.39, 0.29) is 13.0 Å². The predicted molar refractivity (Wildman–Crippen MR) is 95.1 cm³/mol. The average Bonchev–Trinajstić information content (AvgIpc) is 2.60. The van der Waals surface area contributed by atoms with Crippen LogP contribution in [0.1, 0.15) is 22.3 Å². The molecular weight excluding hydrogens is 388 g/mol. The molecule has 0 aliphatic rings. The van der Waals surface area contributed by atoms with Gasteiger partial charge in [-0.05, 0) is 42.5 Å². The van der Waals surface area contributed by atoms with Crippen LogP contribution in [0.15, 0.2) is 46.9 Å². The number of amides is 1. The molecule has 0 aromatic heterocycles. The number of nitrogens with zero attached hydrogens (tertiary/aromatic N) is 1. The molecule has 2 rings (SSSR count).